The lowest BCUT2D eigenvalue weighted by molar-refractivity contribution is -0.175. The zero-order chi connectivity index (χ0) is 16.7. The summed E-state index contributed by atoms with van der Waals surface area (Å²) < 4.78 is 5.38. The molecule has 2 aliphatic rings. The fourth-order valence-corrected chi connectivity index (χ4v) is 4.12. The van der Waals surface area contributed by atoms with Gasteiger partial charge in [0.05, 0.1) is 5.69 Å². The maximum Gasteiger partial charge on any atom is 0.329 e. The van der Waals surface area contributed by atoms with Gasteiger partial charge >= 0.3 is 5.97 Å². The predicted molar refractivity (Wildman–Crippen MR) is 90.6 cm³/mol. The fourth-order valence-electron chi connectivity index (χ4n) is 3.28. The van der Waals surface area contributed by atoms with E-state index in [-0.39, 0.29) is 17.9 Å². The first kappa shape index (κ1) is 15.3. The molecule has 24 heavy (non-hydrogen) atoms. The Labute approximate surface area is 144 Å². The third-order valence-corrected chi connectivity index (χ3v) is 5.53. The lowest BCUT2D eigenvalue weighted by atomic mass is 10.1. The Bertz CT molecular complexity index is 784. The summed E-state index contributed by atoms with van der Waals surface area (Å²) in [5.74, 6) is -0.354. The van der Waals surface area contributed by atoms with Crippen molar-refractivity contribution < 1.29 is 14.3 Å². The van der Waals surface area contributed by atoms with Gasteiger partial charge in [0.2, 0.25) is 0 Å². The first-order valence-electron chi connectivity index (χ1n) is 8.14. The Hall–Kier alpha value is -2.21. The number of esters is 1. The molecule has 0 aliphatic carbocycles. The van der Waals surface area contributed by atoms with Crippen molar-refractivity contribution in [1.29, 1.82) is 0 Å². The van der Waals surface area contributed by atoms with E-state index >= 15 is 0 Å². The quantitative estimate of drug-likeness (QED) is 0.805. The molecule has 4 rings (SSSR count). The minimum atomic E-state index is -0.736. The normalized spacial score (nSPS) is 23.3. The summed E-state index contributed by atoms with van der Waals surface area (Å²) in [4.78, 5) is 30.8. The molecule has 3 heterocycles. The number of cyclic esters (lactones) is 1. The number of thiazole rings is 1. The molecule has 124 valence electrons. The molecule has 2 atom stereocenters. The molecule has 0 bridgehead atoms. The molecular formula is C18H18N2O3S. The van der Waals surface area contributed by atoms with Gasteiger partial charge in [0.15, 0.2) is 6.10 Å². The van der Waals surface area contributed by atoms with Crippen LogP contribution in [-0.4, -0.2) is 40.5 Å². The number of fused-ring (bicyclic) bond motifs is 1. The molecule has 6 heteroatoms. The number of hydrogen-bond donors (Lipinski definition) is 0. The van der Waals surface area contributed by atoms with Gasteiger partial charge in [-0.1, -0.05) is 29.8 Å². The van der Waals surface area contributed by atoms with Crippen molar-refractivity contribution >= 4 is 23.2 Å². The molecule has 2 aliphatic heterocycles. The Morgan fingerprint density at radius 2 is 2.08 bits per heavy atom. The first-order valence-corrected chi connectivity index (χ1v) is 9.02. The van der Waals surface area contributed by atoms with Gasteiger partial charge in [-0.2, -0.15) is 0 Å². The van der Waals surface area contributed by atoms with Crippen LogP contribution in [0.15, 0.2) is 29.6 Å². The molecule has 2 fully saturated rings. The number of nitrogens with zero attached hydrogens (tertiary/aromatic N) is 2. The SMILES string of the molecule is Cc1ccc(-c2nc(C[C@@H]3OC(=O)[C@@H]4CCCN4C3=O)cs2)cc1. The summed E-state index contributed by atoms with van der Waals surface area (Å²) in [6.45, 7) is 2.70. The summed E-state index contributed by atoms with van der Waals surface area (Å²) in [5, 5.41) is 2.85. The second kappa shape index (κ2) is 6.02. The van der Waals surface area contributed by atoms with Crippen LogP contribution in [0.4, 0.5) is 0 Å². The Kier molecular flexibility index (Phi) is 3.84. The third-order valence-electron chi connectivity index (χ3n) is 4.59. The number of rotatable bonds is 3. The molecule has 2 aromatic rings. The fraction of sp³-hybridized carbons (Fsp3) is 0.389. The second-order valence-corrected chi connectivity index (χ2v) is 7.19. The van der Waals surface area contributed by atoms with Crippen LogP contribution in [0.25, 0.3) is 10.6 Å². The van der Waals surface area contributed by atoms with Crippen LogP contribution in [0.3, 0.4) is 0 Å². The highest BCUT2D eigenvalue weighted by atomic mass is 32.1. The van der Waals surface area contributed by atoms with Crippen LogP contribution in [0.2, 0.25) is 0 Å². The van der Waals surface area contributed by atoms with Crippen LogP contribution in [-0.2, 0) is 20.7 Å². The number of aryl methyl sites for hydroxylation is 1. The number of carbonyl (C=O) groups excluding carboxylic acids is 2. The minimum absolute atomic E-state index is 0.0815. The molecule has 0 N–H and O–H groups in total. The summed E-state index contributed by atoms with van der Waals surface area (Å²) in [7, 11) is 0. The average Bonchev–Trinajstić information content (AvgIpc) is 3.23. The number of hydrogen-bond acceptors (Lipinski definition) is 5. The lowest BCUT2D eigenvalue weighted by Gasteiger charge is -2.33. The minimum Gasteiger partial charge on any atom is -0.450 e. The molecule has 1 amide bonds. The zero-order valence-electron chi connectivity index (χ0n) is 13.4. The summed E-state index contributed by atoms with van der Waals surface area (Å²) >= 11 is 1.54. The van der Waals surface area contributed by atoms with E-state index in [1.54, 1.807) is 16.2 Å². The molecule has 2 saturated heterocycles. The smallest absolute Gasteiger partial charge is 0.329 e. The van der Waals surface area contributed by atoms with E-state index in [1.807, 2.05) is 24.4 Å². The Morgan fingerprint density at radius 3 is 2.88 bits per heavy atom. The summed E-state index contributed by atoms with van der Waals surface area (Å²) in [6.07, 6.45) is 1.19. The van der Waals surface area contributed by atoms with Gasteiger partial charge in [-0.25, -0.2) is 9.78 Å². The van der Waals surface area contributed by atoms with Crippen molar-refractivity contribution in [3.05, 3.63) is 40.9 Å². The highest BCUT2D eigenvalue weighted by molar-refractivity contribution is 7.13. The second-order valence-electron chi connectivity index (χ2n) is 6.33. The maximum atomic E-state index is 12.5. The molecule has 1 aromatic carbocycles. The monoisotopic (exact) mass is 342 g/mol. The van der Waals surface area contributed by atoms with Gasteiger partial charge in [-0.3, -0.25) is 4.79 Å². The summed E-state index contributed by atoms with van der Waals surface area (Å²) in [6, 6.07) is 7.82. The maximum absolute atomic E-state index is 12.5. The van der Waals surface area contributed by atoms with E-state index in [2.05, 4.69) is 17.1 Å². The van der Waals surface area contributed by atoms with Gasteiger partial charge in [0.1, 0.15) is 11.0 Å². The van der Waals surface area contributed by atoms with E-state index in [4.69, 9.17) is 4.74 Å². The van der Waals surface area contributed by atoms with Crippen molar-refractivity contribution in [3.8, 4) is 10.6 Å². The highest BCUT2D eigenvalue weighted by Gasteiger charge is 2.44. The van der Waals surface area contributed by atoms with E-state index in [0.717, 1.165) is 22.7 Å². The number of morpholine rings is 1. The van der Waals surface area contributed by atoms with E-state index in [0.29, 0.717) is 19.4 Å². The molecule has 0 spiro atoms. The van der Waals surface area contributed by atoms with Gasteiger partial charge in [-0.05, 0) is 19.8 Å². The lowest BCUT2D eigenvalue weighted by Crippen LogP contribution is -2.54. The van der Waals surface area contributed by atoms with Gasteiger partial charge in [0, 0.05) is 23.9 Å². The first-order chi connectivity index (χ1) is 11.6. The largest absolute Gasteiger partial charge is 0.450 e. The summed E-state index contributed by atoms with van der Waals surface area (Å²) in [5.41, 5.74) is 3.05. The topological polar surface area (TPSA) is 59.5 Å². The molecule has 0 saturated carbocycles. The van der Waals surface area contributed by atoms with E-state index in [9.17, 15) is 9.59 Å². The van der Waals surface area contributed by atoms with Crippen LogP contribution in [0, 0.1) is 6.92 Å². The van der Waals surface area contributed by atoms with Crippen molar-refractivity contribution in [3.63, 3.8) is 0 Å². The Morgan fingerprint density at radius 1 is 1.29 bits per heavy atom. The van der Waals surface area contributed by atoms with Gasteiger partial charge < -0.3 is 9.64 Å². The van der Waals surface area contributed by atoms with Gasteiger partial charge in [0.25, 0.3) is 5.91 Å². The van der Waals surface area contributed by atoms with Crippen molar-refractivity contribution in [2.45, 2.75) is 38.3 Å². The zero-order valence-corrected chi connectivity index (χ0v) is 14.2. The van der Waals surface area contributed by atoms with Crippen LogP contribution in [0.1, 0.15) is 24.1 Å². The predicted octanol–water partition coefficient (Wildman–Crippen LogP) is 2.58. The number of benzene rings is 1. The van der Waals surface area contributed by atoms with Crippen molar-refractivity contribution in [2.75, 3.05) is 6.54 Å². The molecule has 0 radical (unpaired) electrons. The highest BCUT2D eigenvalue weighted by Crippen LogP contribution is 2.28. The molecule has 5 nitrogen and oxygen atoms in total. The molecular weight excluding hydrogens is 324 g/mol. The molecule has 0 unspecified atom stereocenters. The van der Waals surface area contributed by atoms with Gasteiger partial charge in [-0.15, -0.1) is 11.3 Å². The van der Waals surface area contributed by atoms with Crippen LogP contribution in [0.5, 0.6) is 0 Å². The van der Waals surface area contributed by atoms with Crippen LogP contribution >= 0.6 is 11.3 Å². The molecule has 1 aromatic heterocycles. The van der Waals surface area contributed by atoms with Crippen molar-refractivity contribution in [2.24, 2.45) is 0 Å². The number of ether oxygens (including phenoxy) is 1. The van der Waals surface area contributed by atoms with Crippen molar-refractivity contribution in [1.82, 2.24) is 9.88 Å². The Balaban J connectivity index is 1.50. The number of carbonyl (C=O) groups is 2. The van der Waals surface area contributed by atoms with Crippen LogP contribution < -0.4 is 0 Å². The average molecular weight is 342 g/mol. The number of amides is 1. The third kappa shape index (κ3) is 2.71. The van der Waals surface area contributed by atoms with E-state index in [1.165, 1.54) is 5.56 Å². The number of aromatic nitrogens is 1. The standard InChI is InChI=1S/C18H18N2O3S/c1-11-4-6-12(7-5-11)16-19-13(10-24-16)9-15-17(21)20-8-2-3-14(20)18(22)23-15/h4-7,10,14-15H,2-3,8-9H2,1H3/t14-,15-/m0/s1. The van der Waals surface area contributed by atoms with E-state index < -0.39 is 6.10 Å².